The fraction of sp³-hybridized carbons (Fsp3) is 0.526. The summed E-state index contributed by atoms with van der Waals surface area (Å²) < 4.78 is 43.5. The van der Waals surface area contributed by atoms with E-state index in [1.807, 2.05) is 18.2 Å². The van der Waals surface area contributed by atoms with Crippen LogP contribution < -0.4 is 10.1 Å². The number of anilines is 1. The number of nitrogens with one attached hydrogen (secondary N) is 2. The van der Waals surface area contributed by atoms with Crippen molar-refractivity contribution in [3.8, 4) is 5.75 Å². The quantitative estimate of drug-likeness (QED) is 0.787. The highest BCUT2D eigenvalue weighted by Gasteiger charge is 2.32. The Bertz CT molecular complexity index is 788. The summed E-state index contributed by atoms with van der Waals surface area (Å²) in [6.07, 6.45) is 0.0263. The summed E-state index contributed by atoms with van der Waals surface area (Å²) in [6.45, 7) is 2.04. The van der Waals surface area contributed by atoms with Crippen molar-refractivity contribution >= 4 is 22.5 Å². The molecule has 8 heteroatoms. The maximum atomic E-state index is 12.6. The lowest BCUT2D eigenvalue weighted by molar-refractivity contribution is -0.149. The number of hydrogen-bond acceptors (Lipinski definition) is 3. The van der Waals surface area contributed by atoms with Crippen LogP contribution in [0.1, 0.15) is 26.2 Å². The lowest BCUT2D eigenvalue weighted by Gasteiger charge is -2.33. The monoisotopic (exact) mass is 383 g/mol. The van der Waals surface area contributed by atoms with Gasteiger partial charge in [-0.25, -0.2) is 0 Å². The summed E-state index contributed by atoms with van der Waals surface area (Å²) in [4.78, 5) is 15.8. The second-order valence-corrected chi connectivity index (χ2v) is 7.09. The molecule has 1 fully saturated rings. The van der Waals surface area contributed by atoms with Crippen LogP contribution in [0.4, 0.5) is 18.9 Å². The van der Waals surface area contributed by atoms with Gasteiger partial charge in [-0.15, -0.1) is 0 Å². The van der Waals surface area contributed by atoms with E-state index >= 15 is 0 Å². The van der Waals surface area contributed by atoms with Crippen LogP contribution in [-0.2, 0) is 4.79 Å². The van der Waals surface area contributed by atoms with Gasteiger partial charge in [-0.3, -0.25) is 9.69 Å². The third-order valence-electron chi connectivity index (χ3n) is 4.76. The smallest absolute Gasteiger partial charge is 0.401 e. The Hall–Kier alpha value is -2.22. The number of hydrogen-bond donors (Lipinski definition) is 2. The van der Waals surface area contributed by atoms with Gasteiger partial charge in [0.15, 0.2) is 0 Å². The van der Waals surface area contributed by atoms with Crippen LogP contribution in [-0.4, -0.2) is 48.2 Å². The molecule has 5 nitrogen and oxygen atoms in total. The van der Waals surface area contributed by atoms with Gasteiger partial charge in [-0.05, 0) is 49.9 Å². The van der Waals surface area contributed by atoms with Gasteiger partial charge in [-0.1, -0.05) is 0 Å². The third-order valence-corrected chi connectivity index (χ3v) is 4.76. The van der Waals surface area contributed by atoms with Crippen LogP contribution in [0.15, 0.2) is 24.4 Å². The highest BCUT2D eigenvalue weighted by molar-refractivity contribution is 6.01. The number of amides is 1. The highest BCUT2D eigenvalue weighted by Crippen LogP contribution is 2.28. The average molecular weight is 383 g/mol. The van der Waals surface area contributed by atoms with E-state index in [0.29, 0.717) is 31.1 Å². The number of halogens is 3. The lowest BCUT2D eigenvalue weighted by Crippen LogP contribution is -2.41. The van der Waals surface area contributed by atoms with Crippen molar-refractivity contribution in [1.82, 2.24) is 9.88 Å². The highest BCUT2D eigenvalue weighted by atomic mass is 19.4. The van der Waals surface area contributed by atoms with Gasteiger partial charge >= 0.3 is 6.18 Å². The van der Waals surface area contributed by atoms with E-state index in [4.69, 9.17) is 4.74 Å². The first-order valence-corrected chi connectivity index (χ1v) is 9.11. The lowest BCUT2D eigenvalue weighted by atomic mass is 9.95. The summed E-state index contributed by atoms with van der Waals surface area (Å²) in [7, 11) is 0. The number of aromatic nitrogens is 1. The predicted molar refractivity (Wildman–Crippen MR) is 97.9 cm³/mol. The largest absolute Gasteiger partial charge is 0.494 e. The number of ether oxygens (including phenoxy) is 1. The van der Waals surface area contributed by atoms with Gasteiger partial charge in [0, 0.05) is 30.6 Å². The van der Waals surface area contributed by atoms with Crippen molar-refractivity contribution < 1.29 is 22.7 Å². The minimum Gasteiger partial charge on any atom is -0.494 e. The summed E-state index contributed by atoms with van der Waals surface area (Å²) in [5.41, 5.74) is 1.58. The molecule has 1 amide bonds. The molecule has 1 atom stereocenters. The molecule has 1 saturated heterocycles. The van der Waals surface area contributed by atoms with Gasteiger partial charge < -0.3 is 15.0 Å². The third kappa shape index (κ3) is 5.63. The normalized spacial score (nSPS) is 18.6. The minimum atomic E-state index is -4.14. The number of piperidine rings is 1. The first kappa shape index (κ1) is 19.5. The fourth-order valence-corrected chi connectivity index (χ4v) is 3.61. The first-order chi connectivity index (χ1) is 12.8. The van der Waals surface area contributed by atoms with Gasteiger partial charge in [0.05, 0.1) is 18.8 Å². The molecule has 1 aliphatic rings. The summed E-state index contributed by atoms with van der Waals surface area (Å²) in [5.74, 6) is 0.742. The van der Waals surface area contributed by atoms with Crippen LogP contribution in [0.25, 0.3) is 10.9 Å². The fourth-order valence-electron chi connectivity index (χ4n) is 3.61. The Labute approximate surface area is 155 Å². The predicted octanol–water partition coefficient (Wildman–Crippen LogP) is 4.17. The molecular weight excluding hydrogens is 359 g/mol. The zero-order chi connectivity index (χ0) is 19.4. The molecule has 1 aromatic heterocycles. The number of carbonyl (C=O) groups excluding carboxylic acids is 1. The maximum Gasteiger partial charge on any atom is 0.401 e. The number of alkyl halides is 3. The zero-order valence-electron chi connectivity index (χ0n) is 15.2. The molecule has 0 spiro atoms. The van der Waals surface area contributed by atoms with Gasteiger partial charge in [0.2, 0.25) is 5.91 Å². The van der Waals surface area contributed by atoms with Crippen molar-refractivity contribution in [3.05, 3.63) is 24.4 Å². The number of carbonyl (C=O) groups is 1. The second kappa shape index (κ2) is 8.21. The number of fused-ring (bicyclic) bond motifs is 1. The van der Waals surface area contributed by atoms with Gasteiger partial charge in [0.1, 0.15) is 5.75 Å². The number of H-pyrrole nitrogens is 1. The molecule has 1 unspecified atom stereocenters. The van der Waals surface area contributed by atoms with E-state index in [9.17, 15) is 18.0 Å². The topological polar surface area (TPSA) is 57.4 Å². The summed E-state index contributed by atoms with van der Waals surface area (Å²) in [6, 6.07) is 5.57. The van der Waals surface area contributed by atoms with E-state index in [2.05, 4.69) is 10.3 Å². The minimum absolute atomic E-state index is 0.150. The van der Waals surface area contributed by atoms with Crippen LogP contribution in [0.2, 0.25) is 0 Å². The maximum absolute atomic E-state index is 12.6. The van der Waals surface area contributed by atoms with Crippen molar-refractivity contribution in [3.63, 3.8) is 0 Å². The van der Waals surface area contributed by atoms with Crippen molar-refractivity contribution in [2.24, 2.45) is 5.92 Å². The van der Waals surface area contributed by atoms with E-state index < -0.39 is 12.7 Å². The van der Waals surface area contributed by atoms with E-state index in [1.54, 1.807) is 6.20 Å². The molecule has 0 bridgehead atoms. The molecular formula is C19H24F3N3O2. The number of benzene rings is 1. The number of aromatic amines is 1. The summed E-state index contributed by atoms with van der Waals surface area (Å²) >= 11 is 0. The first-order valence-electron chi connectivity index (χ1n) is 9.11. The van der Waals surface area contributed by atoms with Crippen molar-refractivity contribution in [2.75, 3.05) is 31.6 Å². The zero-order valence-corrected chi connectivity index (χ0v) is 15.2. The Morgan fingerprint density at radius 3 is 2.96 bits per heavy atom. The SMILES string of the molecule is CC(=O)Nc1c[nH]c2ccc(OCCC3CCCN(CC(F)(F)F)C3)cc12. The molecule has 0 radical (unpaired) electrons. The number of nitrogens with zero attached hydrogens (tertiary/aromatic N) is 1. The summed E-state index contributed by atoms with van der Waals surface area (Å²) in [5, 5.41) is 3.62. The Morgan fingerprint density at radius 1 is 1.41 bits per heavy atom. The van der Waals surface area contributed by atoms with Crippen LogP contribution in [0.3, 0.4) is 0 Å². The van der Waals surface area contributed by atoms with E-state index in [0.717, 1.165) is 30.2 Å². The van der Waals surface area contributed by atoms with Crippen LogP contribution in [0, 0.1) is 5.92 Å². The number of rotatable bonds is 6. The molecule has 27 heavy (non-hydrogen) atoms. The van der Waals surface area contributed by atoms with E-state index in [-0.39, 0.29) is 11.8 Å². The molecule has 0 saturated carbocycles. The van der Waals surface area contributed by atoms with E-state index in [1.165, 1.54) is 11.8 Å². The molecule has 148 valence electrons. The van der Waals surface area contributed by atoms with Gasteiger partial charge in [-0.2, -0.15) is 13.2 Å². The molecule has 0 aliphatic carbocycles. The van der Waals surface area contributed by atoms with Crippen LogP contribution in [0.5, 0.6) is 5.75 Å². The number of likely N-dealkylation sites (tertiary alicyclic amines) is 1. The molecule has 2 N–H and O–H groups in total. The molecule has 2 heterocycles. The van der Waals surface area contributed by atoms with Gasteiger partial charge in [0.25, 0.3) is 0 Å². The standard InChI is InChI=1S/C19H24F3N3O2/c1-13(26)24-18-10-23-17-5-4-15(9-16(17)18)27-8-6-14-3-2-7-25(11-14)12-19(20,21)22/h4-5,9-10,14,23H,2-3,6-8,11-12H2,1H3,(H,24,26). The second-order valence-electron chi connectivity index (χ2n) is 7.09. The Kier molecular flexibility index (Phi) is 5.94. The van der Waals surface area contributed by atoms with Crippen LogP contribution >= 0.6 is 0 Å². The molecule has 3 rings (SSSR count). The van der Waals surface area contributed by atoms with Crippen molar-refractivity contribution in [1.29, 1.82) is 0 Å². The Balaban J connectivity index is 1.53. The molecule has 1 aliphatic heterocycles. The Morgan fingerprint density at radius 2 is 2.22 bits per heavy atom. The average Bonchev–Trinajstić information content (AvgIpc) is 2.95. The molecule has 2 aromatic rings. The van der Waals surface area contributed by atoms with Crippen molar-refractivity contribution in [2.45, 2.75) is 32.4 Å². The molecule has 1 aromatic carbocycles.